The largest absolute Gasteiger partial charge is 0.494 e. The number of nitrogens with one attached hydrogen (secondary N) is 1. The van der Waals surface area contributed by atoms with Gasteiger partial charge in [0.15, 0.2) is 0 Å². The molecule has 0 spiro atoms. The van der Waals surface area contributed by atoms with Crippen LogP contribution in [0.3, 0.4) is 0 Å². The number of ether oxygens (including phenoxy) is 1. The molecule has 2 aromatic carbocycles. The monoisotopic (exact) mass is 529 g/mol. The van der Waals surface area contributed by atoms with E-state index in [1.165, 1.54) is 11.3 Å². The van der Waals surface area contributed by atoms with Gasteiger partial charge in [0.25, 0.3) is 0 Å². The van der Waals surface area contributed by atoms with Crippen LogP contribution in [0.15, 0.2) is 48.5 Å². The molecule has 2 aromatic rings. The summed E-state index contributed by atoms with van der Waals surface area (Å²) in [6, 6.07) is 13.6. The summed E-state index contributed by atoms with van der Waals surface area (Å²) in [7, 11) is -3.78. The van der Waals surface area contributed by atoms with Crippen molar-refractivity contribution in [3.63, 3.8) is 0 Å². The SMILES string of the molecule is CCOc1ccc(N(CC(=O)N(Cc2ccccc2C)[C@H](C)C(=O)NC2CCCCC2)S(C)(=O)=O)cc1. The average molecular weight is 530 g/mol. The minimum Gasteiger partial charge on any atom is -0.494 e. The van der Waals surface area contributed by atoms with E-state index in [4.69, 9.17) is 4.74 Å². The van der Waals surface area contributed by atoms with Gasteiger partial charge in [0, 0.05) is 12.6 Å². The minimum absolute atomic E-state index is 0.107. The highest BCUT2D eigenvalue weighted by Crippen LogP contribution is 2.23. The molecular formula is C28H39N3O5S. The lowest BCUT2D eigenvalue weighted by atomic mass is 9.95. The Morgan fingerprint density at radius 2 is 1.70 bits per heavy atom. The van der Waals surface area contributed by atoms with Crippen LogP contribution in [-0.4, -0.2) is 56.6 Å². The van der Waals surface area contributed by atoms with E-state index in [2.05, 4.69) is 5.32 Å². The van der Waals surface area contributed by atoms with Crippen molar-refractivity contribution in [3.05, 3.63) is 59.7 Å². The van der Waals surface area contributed by atoms with Gasteiger partial charge in [-0.05, 0) is 69.0 Å². The maximum absolute atomic E-state index is 13.7. The molecule has 9 heteroatoms. The number of aryl methyl sites for hydroxylation is 1. The van der Waals surface area contributed by atoms with Gasteiger partial charge in [0.1, 0.15) is 18.3 Å². The number of carbonyl (C=O) groups excluding carboxylic acids is 2. The van der Waals surface area contributed by atoms with Crippen LogP contribution in [0.1, 0.15) is 57.1 Å². The maximum atomic E-state index is 13.7. The second kappa shape index (κ2) is 12.9. The minimum atomic E-state index is -3.78. The number of carbonyl (C=O) groups is 2. The molecule has 0 aromatic heterocycles. The number of hydrogen-bond acceptors (Lipinski definition) is 5. The number of benzene rings is 2. The third-order valence-corrected chi connectivity index (χ3v) is 7.98. The van der Waals surface area contributed by atoms with Gasteiger partial charge in [-0.3, -0.25) is 13.9 Å². The van der Waals surface area contributed by atoms with Crippen LogP contribution in [0.5, 0.6) is 5.75 Å². The Morgan fingerprint density at radius 3 is 2.30 bits per heavy atom. The zero-order chi connectivity index (χ0) is 27.0. The molecule has 0 unspecified atom stereocenters. The fourth-order valence-electron chi connectivity index (χ4n) is 4.61. The molecule has 0 bridgehead atoms. The Bertz CT molecular complexity index is 1160. The number of rotatable bonds is 11. The Kier molecular flexibility index (Phi) is 9.97. The summed E-state index contributed by atoms with van der Waals surface area (Å²) in [5.74, 6) is -0.0603. The van der Waals surface area contributed by atoms with Crippen molar-refractivity contribution in [1.29, 1.82) is 0 Å². The number of nitrogens with zero attached hydrogens (tertiary/aromatic N) is 2. The van der Waals surface area contributed by atoms with Gasteiger partial charge in [0.2, 0.25) is 21.8 Å². The Hall–Kier alpha value is -3.07. The van der Waals surface area contributed by atoms with E-state index in [0.29, 0.717) is 18.0 Å². The molecule has 1 atom stereocenters. The molecule has 1 N–H and O–H groups in total. The molecule has 1 aliphatic carbocycles. The highest BCUT2D eigenvalue weighted by atomic mass is 32.2. The van der Waals surface area contributed by atoms with Gasteiger partial charge in [-0.25, -0.2) is 8.42 Å². The lowest BCUT2D eigenvalue weighted by Crippen LogP contribution is -2.53. The van der Waals surface area contributed by atoms with E-state index in [-0.39, 0.29) is 18.5 Å². The highest BCUT2D eigenvalue weighted by molar-refractivity contribution is 7.92. The van der Waals surface area contributed by atoms with Gasteiger partial charge >= 0.3 is 0 Å². The van der Waals surface area contributed by atoms with E-state index in [1.807, 2.05) is 38.1 Å². The smallest absolute Gasteiger partial charge is 0.244 e. The Morgan fingerprint density at radius 1 is 1.05 bits per heavy atom. The summed E-state index contributed by atoms with van der Waals surface area (Å²) in [6.45, 7) is 5.79. The van der Waals surface area contributed by atoms with Crippen LogP contribution in [0.4, 0.5) is 5.69 Å². The summed E-state index contributed by atoms with van der Waals surface area (Å²) >= 11 is 0. The van der Waals surface area contributed by atoms with Crippen LogP contribution < -0.4 is 14.4 Å². The topological polar surface area (TPSA) is 96.0 Å². The van der Waals surface area contributed by atoms with Crippen LogP contribution in [-0.2, 0) is 26.2 Å². The molecule has 0 aliphatic heterocycles. The van der Waals surface area contributed by atoms with Crippen LogP contribution >= 0.6 is 0 Å². The molecule has 202 valence electrons. The van der Waals surface area contributed by atoms with Gasteiger partial charge in [-0.15, -0.1) is 0 Å². The van der Waals surface area contributed by atoms with E-state index in [9.17, 15) is 18.0 Å². The second-order valence-electron chi connectivity index (χ2n) is 9.66. The van der Waals surface area contributed by atoms with E-state index in [0.717, 1.165) is 47.4 Å². The molecule has 0 saturated heterocycles. The molecule has 0 radical (unpaired) electrons. The fourth-order valence-corrected chi connectivity index (χ4v) is 5.46. The fraction of sp³-hybridized carbons (Fsp3) is 0.500. The molecule has 2 amide bonds. The summed E-state index contributed by atoms with van der Waals surface area (Å²) in [5.41, 5.74) is 2.25. The number of anilines is 1. The molecule has 37 heavy (non-hydrogen) atoms. The standard InChI is InChI=1S/C28H39N3O5S/c1-5-36-26-17-15-25(16-18-26)31(37(4,34)35)20-27(32)30(19-23-12-10-9-11-21(23)2)22(3)28(33)29-24-13-7-6-8-14-24/h9-12,15-18,22,24H,5-8,13-14,19-20H2,1-4H3,(H,29,33)/t22-/m1/s1. The predicted molar refractivity (Wildman–Crippen MR) is 146 cm³/mol. The van der Waals surface area contributed by atoms with Crippen molar-refractivity contribution in [2.45, 2.75) is 71.5 Å². The summed E-state index contributed by atoms with van der Waals surface area (Å²) in [5, 5.41) is 3.11. The lowest BCUT2D eigenvalue weighted by molar-refractivity contribution is -0.139. The van der Waals surface area contributed by atoms with Gasteiger partial charge in [0.05, 0.1) is 18.6 Å². The number of hydrogen-bond donors (Lipinski definition) is 1. The van der Waals surface area contributed by atoms with Crippen molar-refractivity contribution in [3.8, 4) is 5.75 Å². The van der Waals surface area contributed by atoms with Crippen molar-refractivity contribution in [2.24, 2.45) is 0 Å². The molecule has 8 nitrogen and oxygen atoms in total. The lowest BCUT2D eigenvalue weighted by Gasteiger charge is -2.33. The molecule has 1 fully saturated rings. The zero-order valence-electron chi connectivity index (χ0n) is 22.3. The van der Waals surface area contributed by atoms with Gasteiger partial charge in [-0.1, -0.05) is 43.5 Å². The highest BCUT2D eigenvalue weighted by Gasteiger charge is 2.31. The first kappa shape index (κ1) is 28.5. The third-order valence-electron chi connectivity index (χ3n) is 6.84. The van der Waals surface area contributed by atoms with Crippen LogP contribution in [0, 0.1) is 6.92 Å². The Balaban J connectivity index is 1.86. The van der Waals surface area contributed by atoms with Crippen molar-refractivity contribution < 1.29 is 22.7 Å². The number of sulfonamides is 1. The van der Waals surface area contributed by atoms with Crippen LogP contribution in [0.2, 0.25) is 0 Å². The van der Waals surface area contributed by atoms with E-state index < -0.39 is 28.5 Å². The first-order valence-electron chi connectivity index (χ1n) is 12.9. The quantitative estimate of drug-likeness (QED) is 0.474. The maximum Gasteiger partial charge on any atom is 0.244 e. The second-order valence-corrected chi connectivity index (χ2v) is 11.6. The summed E-state index contributed by atoms with van der Waals surface area (Å²) in [4.78, 5) is 28.4. The Labute approximate surface area is 221 Å². The van der Waals surface area contributed by atoms with Crippen molar-refractivity contribution in [2.75, 3.05) is 23.7 Å². The molecule has 1 aliphatic rings. The normalized spacial score (nSPS) is 15.0. The van der Waals surface area contributed by atoms with E-state index >= 15 is 0 Å². The van der Waals surface area contributed by atoms with Crippen molar-refractivity contribution in [1.82, 2.24) is 10.2 Å². The van der Waals surface area contributed by atoms with Gasteiger partial charge in [-0.2, -0.15) is 0 Å². The summed E-state index contributed by atoms with van der Waals surface area (Å²) < 4.78 is 32.0. The first-order valence-corrected chi connectivity index (χ1v) is 14.8. The predicted octanol–water partition coefficient (Wildman–Crippen LogP) is 4.03. The third kappa shape index (κ3) is 7.95. The van der Waals surface area contributed by atoms with Crippen LogP contribution in [0.25, 0.3) is 0 Å². The zero-order valence-corrected chi connectivity index (χ0v) is 23.1. The molecule has 0 heterocycles. The molecule has 1 saturated carbocycles. The number of amides is 2. The van der Waals surface area contributed by atoms with E-state index in [1.54, 1.807) is 31.2 Å². The molecule has 3 rings (SSSR count). The average Bonchev–Trinajstić information content (AvgIpc) is 2.87. The molecular weight excluding hydrogens is 490 g/mol. The van der Waals surface area contributed by atoms with Crippen molar-refractivity contribution >= 4 is 27.5 Å². The summed E-state index contributed by atoms with van der Waals surface area (Å²) in [6.07, 6.45) is 6.27. The first-order chi connectivity index (χ1) is 17.6. The van der Waals surface area contributed by atoms with Gasteiger partial charge < -0.3 is 15.0 Å².